The fourth-order valence-electron chi connectivity index (χ4n) is 4.79. The van der Waals surface area contributed by atoms with E-state index in [9.17, 15) is 4.57 Å². The summed E-state index contributed by atoms with van der Waals surface area (Å²) < 4.78 is 66.7. The Labute approximate surface area is 235 Å². The first kappa shape index (κ1) is 27.9. The van der Waals surface area contributed by atoms with Crippen molar-refractivity contribution in [1.29, 1.82) is 0 Å². The lowest BCUT2D eigenvalue weighted by atomic mass is 10.1. The summed E-state index contributed by atoms with van der Waals surface area (Å²) in [5.74, 6) is -3.59. The highest BCUT2D eigenvalue weighted by atomic mass is 31.2. The number of anilines is 1. The normalized spacial score (nSPS) is 25.5. The molecule has 216 valence electrons. The third-order valence-corrected chi connectivity index (χ3v) is 8.03. The number of hydrogen-bond acceptors (Lipinski definition) is 11. The van der Waals surface area contributed by atoms with Crippen LogP contribution in [0.2, 0.25) is 0 Å². The number of imidazole rings is 1. The summed E-state index contributed by atoms with van der Waals surface area (Å²) in [5.41, 5.74) is 8.04. The Morgan fingerprint density at radius 2 is 1.56 bits per heavy atom. The maximum atomic E-state index is 16.7. The number of rotatable bonds is 10. The number of nitrogen functional groups attached to an aromatic ring is 1. The van der Waals surface area contributed by atoms with Crippen molar-refractivity contribution in [3.63, 3.8) is 0 Å². The molecule has 2 aliphatic heterocycles. The van der Waals surface area contributed by atoms with Crippen LogP contribution >= 0.6 is 7.82 Å². The van der Waals surface area contributed by atoms with Crippen LogP contribution in [0.25, 0.3) is 11.2 Å². The third-order valence-electron chi connectivity index (χ3n) is 6.70. The average Bonchev–Trinajstić information content (AvgIpc) is 3.62. The van der Waals surface area contributed by atoms with Gasteiger partial charge in [0.2, 0.25) is 0 Å². The van der Waals surface area contributed by atoms with Gasteiger partial charge in [0.05, 0.1) is 19.5 Å². The zero-order valence-electron chi connectivity index (χ0n) is 22.3. The van der Waals surface area contributed by atoms with Gasteiger partial charge in [-0.15, -0.1) is 0 Å². The monoisotopic (exact) mass is 585 g/mol. The Hall–Kier alpha value is -3.29. The van der Waals surface area contributed by atoms with Gasteiger partial charge in [-0.05, 0) is 25.0 Å². The number of phosphoric acid groups is 1. The second kappa shape index (κ2) is 10.8. The molecule has 2 saturated heterocycles. The lowest BCUT2D eigenvalue weighted by Gasteiger charge is -2.29. The molecule has 0 aliphatic carbocycles. The molecule has 4 heterocycles. The molecule has 0 spiro atoms. The number of hydrogen-bond donors (Lipinski definition) is 1. The highest BCUT2D eigenvalue weighted by Gasteiger charge is 2.65. The Bertz CT molecular complexity index is 1510. The van der Waals surface area contributed by atoms with Gasteiger partial charge in [-0.3, -0.25) is 18.1 Å². The molecule has 2 aromatic carbocycles. The maximum absolute atomic E-state index is 16.7. The van der Waals surface area contributed by atoms with E-state index in [-0.39, 0.29) is 19.0 Å². The number of aromatic nitrogens is 4. The summed E-state index contributed by atoms with van der Waals surface area (Å²) in [6.45, 7) is 2.31. The molecule has 0 amide bonds. The van der Waals surface area contributed by atoms with Gasteiger partial charge < -0.3 is 19.9 Å². The zero-order chi connectivity index (χ0) is 28.7. The van der Waals surface area contributed by atoms with E-state index >= 15 is 4.39 Å². The molecule has 4 atom stereocenters. The second-order valence-corrected chi connectivity index (χ2v) is 11.8. The molecule has 6 rings (SSSR count). The standard InChI is InChI=1S/C27H29FN5O7P/c1-26(2)38-21-22(39-26)27(28,40-25(21)33-17-32-20-23(29)30-16-31-24(20)33)15-37-41(34,35-13-18-9-5-3-6-10-18)36-14-19-11-7-4-8-12-19/h3-12,16-17,21-22,25H,13-15H2,1-2H3,(H2,29,30,31)/t21-,22+,25-,27-/m1/s1. The molecular formula is C27H29FN5O7P. The lowest BCUT2D eigenvalue weighted by molar-refractivity contribution is -0.263. The summed E-state index contributed by atoms with van der Waals surface area (Å²) in [5, 5.41) is 0. The van der Waals surface area contributed by atoms with E-state index in [4.69, 9.17) is 33.5 Å². The van der Waals surface area contributed by atoms with Crippen molar-refractivity contribution in [1.82, 2.24) is 19.5 Å². The number of nitrogens with zero attached hydrogens (tertiary/aromatic N) is 4. The van der Waals surface area contributed by atoms with Crippen molar-refractivity contribution < 1.29 is 36.7 Å². The van der Waals surface area contributed by atoms with Crippen LogP contribution < -0.4 is 5.73 Å². The number of ether oxygens (including phenoxy) is 3. The van der Waals surface area contributed by atoms with Crippen molar-refractivity contribution in [2.75, 3.05) is 12.3 Å². The van der Waals surface area contributed by atoms with Gasteiger partial charge >= 0.3 is 7.82 Å². The number of halogens is 1. The molecule has 0 bridgehead atoms. The van der Waals surface area contributed by atoms with E-state index in [0.29, 0.717) is 11.2 Å². The average molecular weight is 586 g/mol. The van der Waals surface area contributed by atoms with E-state index in [1.807, 2.05) is 36.4 Å². The first-order valence-electron chi connectivity index (χ1n) is 12.9. The van der Waals surface area contributed by atoms with Gasteiger partial charge in [0, 0.05) is 0 Å². The van der Waals surface area contributed by atoms with Gasteiger partial charge in [-0.1, -0.05) is 60.7 Å². The lowest BCUT2D eigenvalue weighted by Crippen LogP contribution is -2.43. The molecular weight excluding hydrogens is 556 g/mol. The van der Waals surface area contributed by atoms with E-state index in [0.717, 1.165) is 11.1 Å². The number of benzene rings is 2. The van der Waals surface area contributed by atoms with Crippen molar-refractivity contribution in [2.45, 2.75) is 57.1 Å². The van der Waals surface area contributed by atoms with Crippen LogP contribution in [-0.4, -0.2) is 50.0 Å². The van der Waals surface area contributed by atoms with E-state index < -0.39 is 44.5 Å². The van der Waals surface area contributed by atoms with Crippen LogP contribution in [0, 0.1) is 0 Å². The first-order chi connectivity index (χ1) is 19.6. The Kier molecular flexibility index (Phi) is 7.37. The number of alkyl halides is 1. The third kappa shape index (κ3) is 5.75. The molecule has 12 nitrogen and oxygen atoms in total. The zero-order valence-corrected chi connectivity index (χ0v) is 23.2. The molecule has 0 unspecified atom stereocenters. The summed E-state index contributed by atoms with van der Waals surface area (Å²) in [6.07, 6.45) is -0.563. The van der Waals surface area contributed by atoms with Crippen LogP contribution in [-0.2, 0) is 45.6 Å². The molecule has 0 saturated carbocycles. The largest absolute Gasteiger partial charge is 0.475 e. The smallest absolute Gasteiger partial charge is 0.382 e. The minimum Gasteiger partial charge on any atom is -0.382 e. The highest BCUT2D eigenvalue weighted by Crippen LogP contribution is 2.55. The maximum Gasteiger partial charge on any atom is 0.475 e. The topological polar surface area (TPSA) is 142 Å². The summed E-state index contributed by atoms with van der Waals surface area (Å²) in [4.78, 5) is 12.4. The molecule has 2 aliphatic rings. The summed E-state index contributed by atoms with van der Waals surface area (Å²) >= 11 is 0. The van der Waals surface area contributed by atoms with E-state index in [1.54, 1.807) is 38.1 Å². The van der Waals surface area contributed by atoms with Crippen LogP contribution in [0.1, 0.15) is 31.2 Å². The van der Waals surface area contributed by atoms with Crippen molar-refractivity contribution in [3.05, 3.63) is 84.4 Å². The SMILES string of the molecule is CC1(C)O[C@H]2[C@H](n3cnc4c(N)ncnc43)O[C@](F)(COP(=O)(OCc3ccccc3)OCc3ccccc3)[C@H]2O1. The van der Waals surface area contributed by atoms with Crippen LogP contribution in [0.3, 0.4) is 0 Å². The predicted octanol–water partition coefficient (Wildman–Crippen LogP) is 4.68. The molecule has 14 heteroatoms. The van der Waals surface area contributed by atoms with Crippen LogP contribution in [0.15, 0.2) is 73.3 Å². The molecule has 41 heavy (non-hydrogen) atoms. The highest BCUT2D eigenvalue weighted by molar-refractivity contribution is 7.48. The molecule has 0 radical (unpaired) electrons. The van der Waals surface area contributed by atoms with E-state index in [1.165, 1.54) is 17.2 Å². The fraction of sp³-hybridized carbons (Fsp3) is 0.370. The van der Waals surface area contributed by atoms with Gasteiger partial charge in [0.15, 0.2) is 29.6 Å². The van der Waals surface area contributed by atoms with Gasteiger partial charge in [-0.2, -0.15) is 0 Å². The van der Waals surface area contributed by atoms with Gasteiger partial charge in [-0.25, -0.2) is 23.9 Å². The fourth-order valence-corrected chi connectivity index (χ4v) is 5.96. The summed E-state index contributed by atoms with van der Waals surface area (Å²) in [7, 11) is -4.31. The van der Waals surface area contributed by atoms with Crippen LogP contribution in [0.5, 0.6) is 0 Å². The Morgan fingerprint density at radius 3 is 2.20 bits per heavy atom. The molecule has 2 aromatic heterocycles. The number of fused-ring (bicyclic) bond motifs is 2. The second-order valence-electron chi connectivity index (χ2n) is 10.1. The van der Waals surface area contributed by atoms with Crippen molar-refractivity contribution in [2.24, 2.45) is 0 Å². The Balaban J connectivity index is 1.25. The molecule has 2 fully saturated rings. The molecule has 2 N–H and O–H groups in total. The van der Waals surface area contributed by atoms with E-state index in [2.05, 4.69) is 15.0 Å². The van der Waals surface area contributed by atoms with Crippen molar-refractivity contribution in [3.8, 4) is 0 Å². The van der Waals surface area contributed by atoms with Crippen molar-refractivity contribution >= 4 is 24.8 Å². The quantitative estimate of drug-likeness (QED) is 0.259. The van der Waals surface area contributed by atoms with Gasteiger partial charge in [0.1, 0.15) is 24.6 Å². The number of phosphoric ester groups is 1. The van der Waals surface area contributed by atoms with Crippen LogP contribution in [0.4, 0.5) is 10.2 Å². The minimum atomic E-state index is -4.31. The summed E-state index contributed by atoms with van der Waals surface area (Å²) in [6, 6.07) is 18.1. The predicted molar refractivity (Wildman–Crippen MR) is 144 cm³/mol. The minimum absolute atomic E-state index is 0.0868. The molecule has 4 aromatic rings. The number of nitrogens with two attached hydrogens (primary N) is 1. The first-order valence-corrected chi connectivity index (χ1v) is 14.4. The van der Waals surface area contributed by atoms with Gasteiger partial charge in [0.25, 0.3) is 5.85 Å². The Morgan fingerprint density at radius 1 is 0.927 bits per heavy atom.